The smallest absolute Gasteiger partial charge is 0.256 e. The molecular weight excluding hydrogens is 330 g/mol. The maximum Gasteiger partial charge on any atom is 0.256 e. The molecule has 6 heteroatoms. The normalized spacial score (nSPS) is 15.5. The zero-order valence-electron chi connectivity index (χ0n) is 13.2. The summed E-state index contributed by atoms with van der Waals surface area (Å²) >= 11 is 6.03. The summed E-state index contributed by atoms with van der Waals surface area (Å²) in [7, 11) is 1.58. The van der Waals surface area contributed by atoms with Gasteiger partial charge in [0.2, 0.25) is 0 Å². The summed E-state index contributed by atoms with van der Waals surface area (Å²) in [5, 5.41) is 10.6. The fourth-order valence-corrected chi connectivity index (χ4v) is 2.83. The van der Waals surface area contributed by atoms with Crippen LogP contribution in [0.1, 0.15) is 11.7 Å². The highest BCUT2D eigenvalue weighted by molar-refractivity contribution is 6.31. The van der Waals surface area contributed by atoms with E-state index in [0.29, 0.717) is 35.2 Å². The molecule has 0 aromatic heterocycles. The highest BCUT2D eigenvalue weighted by Crippen LogP contribution is 2.30. The summed E-state index contributed by atoms with van der Waals surface area (Å²) in [5.41, 5.74) is 0.415. The number of nitrogens with zero attached hydrogens (tertiary/aromatic N) is 1. The van der Waals surface area contributed by atoms with Crippen LogP contribution >= 0.6 is 11.6 Å². The van der Waals surface area contributed by atoms with Crippen molar-refractivity contribution in [2.75, 3.05) is 20.2 Å². The minimum Gasteiger partial charge on any atom is -0.493 e. The highest BCUT2D eigenvalue weighted by atomic mass is 35.5. The number of likely N-dealkylation sites (tertiary alicyclic amines) is 1. The van der Waals surface area contributed by atoms with Crippen molar-refractivity contribution in [2.24, 2.45) is 0 Å². The van der Waals surface area contributed by atoms with Gasteiger partial charge < -0.3 is 19.5 Å². The number of ether oxygens (including phenoxy) is 2. The number of halogens is 1. The van der Waals surface area contributed by atoms with Gasteiger partial charge in [0.25, 0.3) is 5.91 Å². The van der Waals surface area contributed by atoms with Gasteiger partial charge in [0, 0.05) is 10.6 Å². The molecule has 5 nitrogen and oxygen atoms in total. The standard InChI is InChI=1S/C18H18ClNO4/c1-23-15-8-4-5-9-16(15)24-12-10-20(11-12)18(22)17(21)13-6-2-3-7-14(13)19/h2-9,12,17,21H,10-11H2,1H3/t17-/m1/s1. The van der Waals surface area contributed by atoms with Gasteiger partial charge in [-0.15, -0.1) is 0 Å². The van der Waals surface area contributed by atoms with Gasteiger partial charge >= 0.3 is 0 Å². The summed E-state index contributed by atoms with van der Waals surface area (Å²) in [6.07, 6.45) is -1.38. The second kappa shape index (κ2) is 7.11. The molecule has 2 aromatic carbocycles. The number of methoxy groups -OCH3 is 1. The molecule has 1 fully saturated rings. The van der Waals surface area contributed by atoms with E-state index in [1.54, 1.807) is 36.3 Å². The third-order valence-corrected chi connectivity index (χ3v) is 4.30. The molecular formula is C18H18ClNO4. The van der Waals surface area contributed by atoms with E-state index in [9.17, 15) is 9.90 Å². The Kier molecular flexibility index (Phi) is 4.92. The van der Waals surface area contributed by atoms with E-state index in [4.69, 9.17) is 21.1 Å². The number of aliphatic hydroxyl groups excluding tert-OH is 1. The van der Waals surface area contributed by atoms with Crippen molar-refractivity contribution in [1.82, 2.24) is 4.90 Å². The topological polar surface area (TPSA) is 59.0 Å². The largest absolute Gasteiger partial charge is 0.493 e. The number of aliphatic hydroxyl groups is 1. The molecule has 1 amide bonds. The average Bonchev–Trinajstić information content (AvgIpc) is 2.57. The minimum atomic E-state index is -1.26. The lowest BCUT2D eigenvalue weighted by atomic mass is 10.1. The van der Waals surface area contributed by atoms with Crippen molar-refractivity contribution < 1.29 is 19.4 Å². The molecule has 1 aliphatic heterocycles. The number of hydrogen-bond donors (Lipinski definition) is 1. The van der Waals surface area contributed by atoms with Gasteiger partial charge in [-0.05, 0) is 18.2 Å². The quantitative estimate of drug-likeness (QED) is 0.903. The van der Waals surface area contributed by atoms with E-state index in [1.165, 1.54) is 0 Å². The zero-order valence-corrected chi connectivity index (χ0v) is 13.9. The highest BCUT2D eigenvalue weighted by Gasteiger charge is 2.36. The number of benzene rings is 2. The molecule has 0 radical (unpaired) electrons. The van der Waals surface area contributed by atoms with Gasteiger partial charge in [0.15, 0.2) is 17.6 Å². The monoisotopic (exact) mass is 347 g/mol. The Bertz CT molecular complexity index is 730. The molecule has 0 bridgehead atoms. The van der Waals surface area contributed by atoms with Crippen LogP contribution in [0.3, 0.4) is 0 Å². The van der Waals surface area contributed by atoms with Crippen LogP contribution in [0.25, 0.3) is 0 Å². The Morgan fingerprint density at radius 3 is 2.46 bits per heavy atom. The summed E-state index contributed by atoms with van der Waals surface area (Å²) in [4.78, 5) is 13.9. The van der Waals surface area contributed by atoms with Crippen LogP contribution in [-0.2, 0) is 4.79 Å². The molecule has 1 N–H and O–H groups in total. The second-order valence-corrected chi connectivity index (χ2v) is 5.97. The molecule has 1 atom stereocenters. The zero-order chi connectivity index (χ0) is 17.1. The number of para-hydroxylation sites is 2. The molecule has 0 spiro atoms. The number of amides is 1. The first-order valence-electron chi connectivity index (χ1n) is 7.61. The maximum absolute atomic E-state index is 12.3. The van der Waals surface area contributed by atoms with Crippen LogP contribution in [0.4, 0.5) is 0 Å². The number of rotatable bonds is 5. The van der Waals surface area contributed by atoms with E-state index in [2.05, 4.69) is 0 Å². The van der Waals surface area contributed by atoms with Crippen LogP contribution in [0.2, 0.25) is 5.02 Å². The molecule has 2 aromatic rings. The molecule has 1 saturated heterocycles. The fraction of sp³-hybridized carbons (Fsp3) is 0.278. The van der Waals surface area contributed by atoms with Gasteiger partial charge in [0.05, 0.1) is 20.2 Å². The van der Waals surface area contributed by atoms with Gasteiger partial charge in [-0.3, -0.25) is 4.79 Å². The molecule has 3 rings (SSSR count). The lowest BCUT2D eigenvalue weighted by molar-refractivity contribution is -0.149. The first-order chi connectivity index (χ1) is 11.6. The maximum atomic E-state index is 12.3. The Morgan fingerprint density at radius 1 is 1.17 bits per heavy atom. The van der Waals surface area contributed by atoms with Crippen molar-refractivity contribution in [1.29, 1.82) is 0 Å². The van der Waals surface area contributed by atoms with Crippen LogP contribution in [0.5, 0.6) is 11.5 Å². The van der Waals surface area contributed by atoms with Gasteiger partial charge in [0.1, 0.15) is 6.10 Å². The number of carbonyl (C=O) groups excluding carboxylic acids is 1. The fourth-order valence-electron chi connectivity index (χ4n) is 2.59. The van der Waals surface area contributed by atoms with Crippen molar-refractivity contribution in [3.8, 4) is 11.5 Å². The van der Waals surface area contributed by atoms with E-state index in [1.807, 2.05) is 24.3 Å². The first kappa shape index (κ1) is 16.6. The molecule has 24 heavy (non-hydrogen) atoms. The van der Waals surface area contributed by atoms with Crippen LogP contribution in [-0.4, -0.2) is 42.2 Å². The predicted octanol–water partition coefficient (Wildman–Crippen LogP) is 2.67. The number of carbonyl (C=O) groups is 1. The molecule has 126 valence electrons. The molecule has 1 heterocycles. The van der Waals surface area contributed by atoms with Crippen molar-refractivity contribution in [3.05, 3.63) is 59.1 Å². The lowest BCUT2D eigenvalue weighted by Gasteiger charge is -2.40. The summed E-state index contributed by atoms with van der Waals surface area (Å²) in [6.45, 7) is 0.830. The van der Waals surface area contributed by atoms with Crippen LogP contribution in [0.15, 0.2) is 48.5 Å². The van der Waals surface area contributed by atoms with Gasteiger partial charge in [-0.1, -0.05) is 41.9 Å². The van der Waals surface area contributed by atoms with Crippen molar-refractivity contribution in [3.63, 3.8) is 0 Å². The van der Waals surface area contributed by atoms with E-state index >= 15 is 0 Å². The van der Waals surface area contributed by atoms with Crippen LogP contribution in [0, 0.1) is 0 Å². The Labute approximate surface area is 145 Å². The van der Waals surface area contributed by atoms with Gasteiger partial charge in [-0.25, -0.2) is 0 Å². The third kappa shape index (κ3) is 3.32. The molecule has 0 saturated carbocycles. The molecule has 1 aliphatic rings. The SMILES string of the molecule is COc1ccccc1OC1CN(C(=O)[C@H](O)c2ccccc2Cl)C1. The number of hydrogen-bond acceptors (Lipinski definition) is 4. The Morgan fingerprint density at radius 2 is 1.79 bits per heavy atom. The second-order valence-electron chi connectivity index (χ2n) is 5.56. The van der Waals surface area contributed by atoms with Crippen LogP contribution < -0.4 is 9.47 Å². The van der Waals surface area contributed by atoms with Crippen molar-refractivity contribution in [2.45, 2.75) is 12.2 Å². The molecule has 0 aliphatic carbocycles. The first-order valence-corrected chi connectivity index (χ1v) is 7.99. The molecule has 0 unspecified atom stereocenters. The summed E-state index contributed by atoms with van der Waals surface area (Å²) in [5.74, 6) is 0.921. The average molecular weight is 348 g/mol. The predicted molar refractivity (Wildman–Crippen MR) is 90.4 cm³/mol. The van der Waals surface area contributed by atoms with Crippen molar-refractivity contribution >= 4 is 17.5 Å². The Hall–Kier alpha value is -2.24. The van der Waals surface area contributed by atoms with Gasteiger partial charge in [-0.2, -0.15) is 0 Å². The summed E-state index contributed by atoms with van der Waals surface area (Å²) < 4.78 is 11.1. The Balaban J connectivity index is 1.58. The summed E-state index contributed by atoms with van der Waals surface area (Å²) in [6, 6.07) is 14.2. The van der Waals surface area contributed by atoms with E-state index in [-0.39, 0.29) is 12.0 Å². The lowest BCUT2D eigenvalue weighted by Crippen LogP contribution is -2.57. The third-order valence-electron chi connectivity index (χ3n) is 3.96. The van der Waals surface area contributed by atoms with E-state index < -0.39 is 6.10 Å². The minimum absolute atomic E-state index is 0.122. The van der Waals surface area contributed by atoms with E-state index in [0.717, 1.165) is 0 Å².